The lowest BCUT2D eigenvalue weighted by Gasteiger charge is -2.02. The summed E-state index contributed by atoms with van der Waals surface area (Å²) in [5, 5.41) is 6.37. The normalized spacial score (nSPS) is 10.6. The number of carbonyl (C=O) groups is 2. The minimum atomic E-state index is -0.525. The number of H-pyrrole nitrogens is 1. The number of carbonyl (C=O) groups excluding carboxylic acids is 2. The van der Waals surface area contributed by atoms with Crippen molar-refractivity contribution in [3.8, 4) is 0 Å². The number of amides is 2. The monoisotopic (exact) mass is 288 g/mol. The van der Waals surface area contributed by atoms with Crippen LogP contribution in [-0.4, -0.2) is 22.0 Å². The Kier molecular flexibility index (Phi) is 4.45. The molecule has 108 valence electrons. The third-order valence-corrected chi connectivity index (χ3v) is 2.53. The molecule has 0 atom stereocenters. The predicted octanol–water partition coefficient (Wildman–Crippen LogP) is 1.33. The molecule has 0 aliphatic rings. The average molecular weight is 288 g/mol. The van der Waals surface area contributed by atoms with Crippen molar-refractivity contribution in [2.24, 2.45) is 0 Å². The van der Waals surface area contributed by atoms with Gasteiger partial charge in [-0.05, 0) is 36.8 Å². The Labute approximate surface area is 120 Å². The highest BCUT2D eigenvalue weighted by atomic mass is 19.1. The van der Waals surface area contributed by atoms with Crippen molar-refractivity contribution in [2.75, 3.05) is 0 Å². The van der Waals surface area contributed by atoms with Gasteiger partial charge in [0.1, 0.15) is 5.82 Å². The highest BCUT2D eigenvalue weighted by Crippen LogP contribution is 2.04. The Morgan fingerprint density at radius 2 is 1.95 bits per heavy atom. The van der Waals surface area contributed by atoms with Gasteiger partial charge < -0.3 is 0 Å². The number of rotatable bonds is 3. The topological polar surface area (TPSA) is 86.9 Å². The molecule has 0 spiro atoms. The quantitative estimate of drug-likeness (QED) is 0.588. The number of aryl methyl sites for hydroxylation is 1. The lowest BCUT2D eigenvalue weighted by atomic mass is 10.2. The van der Waals surface area contributed by atoms with E-state index in [1.165, 1.54) is 36.4 Å². The smallest absolute Gasteiger partial charge is 0.282 e. The number of aromatic nitrogens is 2. The van der Waals surface area contributed by atoms with Gasteiger partial charge in [-0.1, -0.05) is 12.1 Å². The van der Waals surface area contributed by atoms with Gasteiger partial charge in [0.2, 0.25) is 0 Å². The van der Waals surface area contributed by atoms with Crippen LogP contribution in [-0.2, 0) is 4.79 Å². The van der Waals surface area contributed by atoms with Crippen LogP contribution in [0.5, 0.6) is 0 Å². The number of nitrogens with one attached hydrogen (secondary N) is 3. The van der Waals surface area contributed by atoms with E-state index in [4.69, 9.17) is 0 Å². The van der Waals surface area contributed by atoms with Gasteiger partial charge in [0.25, 0.3) is 11.8 Å². The van der Waals surface area contributed by atoms with Crippen LogP contribution in [0.2, 0.25) is 0 Å². The highest BCUT2D eigenvalue weighted by molar-refractivity contribution is 5.96. The van der Waals surface area contributed by atoms with Crippen LogP contribution in [0.3, 0.4) is 0 Å². The van der Waals surface area contributed by atoms with Crippen LogP contribution in [0, 0.1) is 12.7 Å². The summed E-state index contributed by atoms with van der Waals surface area (Å²) < 4.78 is 12.7. The van der Waals surface area contributed by atoms with Crippen LogP contribution < -0.4 is 10.9 Å². The largest absolute Gasteiger partial charge is 0.290 e. The molecule has 2 aromatic rings. The molecule has 0 fully saturated rings. The lowest BCUT2D eigenvalue weighted by Crippen LogP contribution is -2.40. The first-order valence-electron chi connectivity index (χ1n) is 6.10. The summed E-state index contributed by atoms with van der Waals surface area (Å²) in [4.78, 5) is 23.1. The fourth-order valence-corrected chi connectivity index (χ4v) is 1.50. The van der Waals surface area contributed by atoms with E-state index in [-0.39, 0.29) is 11.5 Å². The Morgan fingerprint density at radius 1 is 1.24 bits per heavy atom. The fourth-order valence-electron chi connectivity index (χ4n) is 1.50. The highest BCUT2D eigenvalue weighted by Gasteiger charge is 2.08. The molecule has 21 heavy (non-hydrogen) atoms. The van der Waals surface area contributed by atoms with Crippen molar-refractivity contribution < 1.29 is 14.0 Å². The molecule has 7 heteroatoms. The molecule has 0 aliphatic heterocycles. The zero-order chi connectivity index (χ0) is 15.2. The van der Waals surface area contributed by atoms with Gasteiger partial charge in [0.15, 0.2) is 5.69 Å². The second-order valence-electron chi connectivity index (χ2n) is 4.26. The maximum Gasteiger partial charge on any atom is 0.290 e. The number of aromatic amines is 1. The molecule has 0 saturated heterocycles. The number of hydrazine groups is 1. The molecule has 0 radical (unpaired) electrons. The van der Waals surface area contributed by atoms with E-state index >= 15 is 0 Å². The van der Waals surface area contributed by atoms with Gasteiger partial charge in [-0.15, -0.1) is 0 Å². The molecular weight excluding hydrogens is 275 g/mol. The van der Waals surface area contributed by atoms with E-state index in [0.717, 1.165) is 5.69 Å². The summed E-state index contributed by atoms with van der Waals surface area (Å²) >= 11 is 0. The number of nitrogens with zero attached hydrogens (tertiary/aromatic N) is 1. The standard InChI is InChI=1S/C14H13FN4O2/c1-9-8-12(17-16-9)14(21)19-18-13(20)7-4-10-2-5-11(15)6-3-10/h2-8H,1H3,(H,16,17)(H,18,20)(H,19,21). The molecule has 0 aliphatic carbocycles. The van der Waals surface area contributed by atoms with Crippen molar-refractivity contribution >= 4 is 17.9 Å². The Balaban J connectivity index is 1.84. The lowest BCUT2D eigenvalue weighted by molar-refractivity contribution is -0.117. The molecular formula is C14H13FN4O2. The molecule has 2 amide bonds. The van der Waals surface area contributed by atoms with Crippen molar-refractivity contribution in [3.63, 3.8) is 0 Å². The molecule has 3 N–H and O–H groups in total. The van der Waals surface area contributed by atoms with Gasteiger partial charge in [0.05, 0.1) is 0 Å². The maximum atomic E-state index is 12.7. The predicted molar refractivity (Wildman–Crippen MR) is 74.4 cm³/mol. The summed E-state index contributed by atoms with van der Waals surface area (Å²) in [5.74, 6) is -1.39. The SMILES string of the molecule is Cc1cc(C(=O)NNC(=O)C=Cc2ccc(F)cc2)n[nH]1. The van der Waals surface area contributed by atoms with Crippen molar-refractivity contribution in [1.82, 2.24) is 21.0 Å². The molecule has 1 heterocycles. The molecule has 6 nitrogen and oxygen atoms in total. The summed E-state index contributed by atoms with van der Waals surface area (Å²) in [5.41, 5.74) is 6.03. The number of hydrogen-bond donors (Lipinski definition) is 3. The Bertz CT molecular complexity index is 677. The number of hydrogen-bond acceptors (Lipinski definition) is 3. The number of benzene rings is 1. The minimum Gasteiger partial charge on any atom is -0.282 e. The summed E-state index contributed by atoms with van der Waals surface area (Å²) in [7, 11) is 0. The molecule has 0 unspecified atom stereocenters. The van der Waals surface area contributed by atoms with Gasteiger partial charge in [-0.3, -0.25) is 25.5 Å². The van der Waals surface area contributed by atoms with E-state index in [0.29, 0.717) is 5.56 Å². The second-order valence-corrected chi connectivity index (χ2v) is 4.26. The number of halogens is 1. The first kappa shape index (κ1) is 14.4. The molecule has 0 bridgehead atoms. The minimum absolute atomic E-state index is 0.176. The van der Waals surface area contributed by atoms with Gasteiger partial charge >= 0.3 is 0 Å². The Morgan fingerprint density at radius 3 is 2.57 bits per heavy atom. The van der Waals surface area contributed by atoms with Crippen LogP contribution >= 0.6 is 0 Å². The van der Waals surface area contributed by atoms with Crippen LogP contribution in [0.15, 0.2) is 36.4 Å². The molecule has 2 rings (SSSR count). The fraction of sp³-hybridized carbons (Fsp3) is 0.0714. The van der Waals surface area contributed by atoms with Gasteiger partial charge in [-0.2, -0.15) is 5.10 Å². The molecule has 1 aromatic carbocycles. The molecule has 1 aromatic heterocycles. The van der Waals surface area contributed by atoms with Crippen molar-refractivity contribution in [3.05, 3.63) is 59.2 Å². The van der Waals surface area contributed by atoms with E-state index in [9.17, 15) is 14.0 Å². The summed E-state index contributed by atoms with van der Waals surface area (Å²) in [6.07, 6.45) is 2.73. The van der Waals surface area contributed by atoms with Crippen LogP contribution in [0.25, 0.3) is 6.08 Å². The maximum absolute atomic E-state index is 12.7. The van der Waals surface area contributed by atoms with Gasteiger partial charge in [0, 0.05) is 11.8 Å². The third-order valence-electron chi connectivity index (χ3n) is 2.53. The average Bonchev–Trinajstić information content (AvgIpc) is 2.91. The van der Waals surface area contributed by atoms with Crippen molar-refractivity contribution in [1.29, 1.82) is 0 Å². The van der Waals surface area contributed by atoms with E-state index in [1.54, 1.807) is 13.0 Å². The van der Waals surface area contributed by atoms with E-state index < -0.39 is 11.8 Å². The zero-order valence-corrected chi connectivity index (χ0v) is 11.2. The first-order chi connectivity index (χ1) is 10.0. The molecule has 0 saturated carbocycles. The zero-order valence-electron chi connectivity index (χ0n) is 11.2. The van der Waals surface area contributed by atoms with Crippen LogP contribution in [0.1, 0.15) is 21.7 Å². The van der Waals surface area contributed by atoms with E-state index in [1.807, 2.05) is 0 Å². The Hall–Kier alpha value is -2.96. The van der Waals surface area contributed by atoms with E-state index in [2.05, 4.69) is 21.0 Å². The van der Waals surface area contributed by atoms with Gasteiger partial charge in [-0.25, -0.2) is 4.39 Å². The second kappa shape index (κ2) is 6.47. The summed E-state index contributed by atoms with van der Waals surface area (Å²) in [6, 6.07) is 7.20. The first-order valence-corrected chi connectivity index (χ1v) is 6.10. The van der Waals surface area contributed by atoms with Crippen molar-refractivity contribution in [2.45, 2.75) is 6.92 Å². The summed E-state index contributed by atoms with van der Waals surface area (Å²) in [6.45, 7) is 1.76. The van der Waals surface area contributed by atoms with Crippen LogP contribution in [0.4, 0.5) is 4.39 Å². The third kappa shape index (κ3) is 4.27.